The minimum atomic E-state index is -0.986. The van der Waals surface area contributed by atoms with Gasteiger partial charge in [-0.25, -0.2) is 9.48 Å². The molecule has 6 heteroatoms. The maximum Gasteiger partial charge on any atom is 0.328 e. The normalized spacial score (nSPS) is 11.1. The first-order valence-corrected chi connectivity index (χ1v) is 9.76. The summed E-state index contributed by atoms with van der Waals surface area (Å²) in [5.74, 6) is -0.189. The Morgan fingerprint density at radius 2 is 1.90 bits per heavy atom. The highest BCUT2D eigenvalue weighted by Crippen LogP contribution is 2.26. The molecular weight excluding hydrogens is 388 g/mol. The third kappa shape index (κ3) is 5.48. The zero-order valence-electron chi connectivity index (χ0n) is 16.4. The summed E-state index contributed by atoms with van der Waals surface area (Å²) in [6, 6.07) is 13.6. The van der Waals surface area contributed by atoms with E-state index in [1.54, 1.807) is 10.8 Å². The molecule has 0 unspecified atom stereocenters. The monoisotopic (exact) mass is 410 g/mol. The van der Waals surface area contributed by atoms with E-state index in [9.17, 15) is 4.79 Å². The molecule has 0 saturated heterocycles. The number of carboxylic acid groups (broad SMARTS) is 1. The molecule has 5 nitrogen and oxygen atoms in total. The highest BCUT2D eigenvalue weighted by atomic mass is 35.5. The number of para-hydroxylation sites is 1. The SMILES string of the molecule is Cc1cc(OCCCc2nn(-c3ccccc3)cc2/C=C\C(=O)O)cc(C)c1Cl. The lowest BCUT2D eigenvalue weighted by Crippen LogP contribution is -2.02. The van der Waals surface area contributed by atoms with E-state index in [-0.39, 0.29) is 0 Å². The van der Waals surface area contributed by atoms with Crippen molar-refractivity contribution in [3.8, 4) is 11.4 Å². The fourth-order valence-corrected chi connectivity index (χ4v) is 3.16. The molecule has 3 aromatic rings. The molecule has 0 fully saturated rings. The Morgan fingerprint density at radius 3 is 2.55 bits per heavy atom. The summed E-state index contributed by atoms with van der Waals surface area (Å²) >= 11 is 6.20. The molecule has 1 N–H and O–H groups in total. The van der Waals surface area contributed by atoms with Gasteiger partial charge in [-0.15, -0.1) is 0 Å². The molecule has 0 amide bonds. The van der Waals surface area contributed by atoms with Crippen molar-refractivity contribution in [2.24, 2.45) is 0 Å². The molecule has 1 aromatic heterocycles. The zero-order chi connectivity index (χ0) is 20.8. The zero-order valence-corrected chi connectivity index (χ0v) is 17.2. The number of rotatable bonds is 8. The van der Waals surface area contributed by atoms with Crippen molar-refractivity contribution in [3.05, 3.63) is 82.1 Å². The van der Waals surface area contributed by atoms with E-state index >= 15 is 0 Å². The Bertz CT molecular complexity index is 1000. The average Bonchev–Trinajstić information content (AvgIpc) is 3.11. The van der Waals surface area contributed by atoms with E-state index in [1.165, 1.54) is 0 Å². The molecule has 2 aromatic carbocycles. The van der Waals surface area contributed by atoms with Crippen LogP contribution < -0.4 is 4.74 Å². The third-order valence-corrected chi connectivity index (χ3v) is 5.08. The van der Waals surface area contributed by atoms with Gasteiger partial charge < -0.3 is 9.84 Å². The van der Waals surface area contributed by atoms with E-state index in [2.05, 4.69) is 5.10 Å². The van der Waals surface area contributed by atoms with Crippen molar-refractivity contribution in [1.29, 1.82) is 0 Å². The standard InChI is InChI=1S/C23H23ClN2O3/c1-16-13-20(14-17(2)23(16)24)29-12-6-9-21-18(10-11-22(27)28)15-26(25-21)19-7-4-3-5-8-19/h3-5,7-8,10-11,13-15H,6,9,12H2,1-2H3,(H,27,28)/b11-10-. The summed E-state index contributed by atoms with van der Waals surface area (Å²) in [6.45, 7) is 4.44. The fourth-order valence-electron chi connectivity index (χ4n) is 3.05. The number of aromatic nitrogens is 2. The quantitative estimate of drug-likeness (QED) is 0.406. The maximum atomic E-state index is 10.9. The lowest BCUT2D eigenvalue weighted by molar-refractivity contribution is -0.131. The van der Waals surface area contributed by atoms with Gasteiger partial charge in [0.15, 0.2) is 0 Å². The van der Waals surface area contributed by atoms with Gasteiger partial charge in [0.1, 0.15) is 5.75 Å². The second-order valence-corrected chi connectivity index (χ2v) is 7.18. The fraction of sp³-hybridized carbons (Fsp3) is 0.217. The number of aryl methyl sites for hydroxylation is 3. The Labute approximate surface area is 175 Å². The van der Waals surface area contributed by atoms with Gasteiger partial charge in [0.2, 0.25) is 0 Å². The molecule has 0 atom stereocenters. The predicted octanol–water partition coefficient (Wildman–Crippen LogP) is 5.25. The van der Waals surface area contributed by atoms with Gasteiger partial charge in [-0.1, -0.05) is 29.8 Å². The van der Waals surface area contributed by atoms with Crippen molar-refractivity contribution in [3.63, 3.8) is 0 Å². The highest BCUT2D eigenvalue weighted by Gasteiger charge is 2.09. The number of hydrogen-bond acceptors (Lipinski definition) is 3. The van der Waals surface area contributed by atoms with Crippen molar-refractivity contribution in [2.75, 3.05) is 6.61 Å². The van der Waals surface area contributed by atoms with Crippen LogP contribution in [0.4, 0.5) is 0 Å². The van der Waals surface area contributed by atoms with Crippen molar-refractivity contribution >= 4 is 23.6 Å². The van der Waals surface area contributed by atoms with Crippen molar-refractivity contribution < 1.29 is 14.6 Å². The molecule has 0 spiro atoms. The molecule has 0 bridgehead atoms. The Kier molecular flexibility index (Phi) is 6.73. The summed E-state index contributed by atoms with van der Waals surface area (Å²) in [7, 11) is 0. The van der Waals surface area contributed by atoms with Gasteiger partial charge >= 0.3 is 5.97 Å². The lowest BCUT2D eigenvalue weighted by Gasteiger charge is -2.09. The third-order valence-electron chi connectivity index (χ3n) is 4.49. The van der Waals surface area contributed by atoms with Gasteiger partial charge in [0.25, 0.3) is 0 Å². The summed E-state index contributed by atoms with van der Waals surface area (Å²) in [6.07, 6.45) is 5.98. The molecule has 0 aliphatic rings. The Morgan fingerprint density at radius 1 is 1.21 bits per heavy atom. The number of ether oxygens (including phenoxy) is 1. The number of carbonyl (C=O) groups is 1. The van der Waals surface area contributed by atoms with E-state index in [4.69, 9.17) is 21.4 Å². The van der Waals surface area contributed by atoms with Crippen LogP contribution in [-0.2, 0) is 11.2 Å². The van der Waals surface area contributed by atoms with Gasteiger partial charge in [0, 0.05) is 22.9 Å². The second kappa shape index (κ2) is 9.43. The van der Waals surface area contributed by atoms with Crippen LogP contribution in [0.2, 0.25) is 5.02 Å². The van der Waals surface area contributed by atoms with Gasteiger partial charge in [0.05, 0.1) is 18.0 Å². The number of carboxylic acids is 1. The first-order chi connectivity index (χ1) is 13.9. The van der Waals surface area contributed by atoms with Crippen LogP contribution in [0.3, 0.4) is 0 Å². The number of aliphatic carboxylic acids is 1. The van der Waals surface area contributed by atoms with Gasteiger partial charge in [-0.3, -0.25) is 0 Å². The van der Waals surface area contributed by atoms with Crippen molar-refractivity contribution in [1.82, 2.24) is 9.78 Å². The van der Waals surface area contributed by atoms with Crippen LogP contribution in [0.15, 0.2) is 54.7 Å². The molecule has 3 rings (SSSR count). The average molecular weight is 411 g/mol. The van der Waals surface area contributed by atoms with Crippen LogP contribution in [-0.4, -0.2) is 27.5 Å². The van der Waals surface area contributed by atoms with E-state index in [1.807, 2.05) is 62.5 Å². The summed E-state index contributed by atoms with van der Waals surface area (Å²) < 4.78 is 7.64. The largest absolute Gasteiger partial charge is 0.494 e. The highest BCUT2D eigenvalue weighted by molar-refractivity contribution is 6.32. The van der Waals surface area contributed by atoms with Crippen LogP contribution >= 0.6 is 11.6 Å². The van der Waals surface area contributed by atoms with Crippen LogP contribution in [0.1, 0.15) is 28.8 Å². The molecule has 150 valence electrons. The number of halogens is 1. The van der Waals surface area contributed by atoms with Gasteiger partial charge in [-0.05, 0) is 68.2 Å². The second-order valence-electron chi connectivity index (χ2n) is 6.81. The number of nitrogens with zero attached hydrogens (tertiary/aromatic N) is 2. The Hall–Kier alpha value is -3.05. The van der Waals surface area contributed by atoms with Gasteiger partial charge in [-0.2, -0.15) is 5.10 Å². The first kappa shape index (κ1) is 20.7. The lowest BCUT2D eigenvalue weighted by atomic mass is 10.1. The minimum absolute atomic E-state index is 0.529. The summed E-state index contributed by atoms with van der Waals surface area (Å²) in [5, 5.41) is 14.4. The first-order valence-electron chi connectivity index (χ1n) is 9.38. The van der Waals surface area contributed by atoms with Crippen molar-refractivity contribution in [2.45, 2.75) is 26.7 Å². The predicted molar refractivity (Wildman–Crippen MR) is 115 cm³/mol. The topological polar surface area (TPSA) is 64.4 Å². The van der Waals surface area contributed by atoms with Crippen LogP contribution in [0, 0.1) is 13.8 Å². The maximum absolute atomic E-state index is 10.9. The smallest absolute Gasteiger partial charge is 0.328 e. The molecule has 0 aliphatic heterocycles. The number of benzene rings is 2. The molecular formula is C23H23ClN2O3. The number of hydrogen-bond donors (Lipinski definition) is 1. The van der Waals surface area contributed by atoms with Crippen LogP contribution in [0.25, 0.3) is 11.8 Å². The van der Waals surface area contributed by atoms with E-state index in [0.29, 0.717) is 13.0 Å². The molecule has 0 radical (unpaired) electrons. The summed E-state index contributed by atoms with van der Waals surface area (Å²) in [4.78, 5) is 10.9. The summed E-state index contributed by atoms with van der Waals surface area (Å²) in [5.41, 5.74) is 4.52. The molecule has 1 heterocycles. The van der Waals surface area contributed by atoms with Crippen LogP contribution in [0.5, 0.6) is 5.75 Å². The molecule has 0 aliphatic carbocycles. The molecule has 29 heavy (non-hydrogen) atoms. The van der Waals surface area contributed by atoms with E-state index in [0.717, 1.165) is 51.3 Å². The molecule has 0 saturated carbocycles. The Balaban J connectivity index is 1.69. The minimum Gasteiger partial charge on any atom is -0.494 e. The van der Waals surface area contributed by atoms with E-state index < -0.39 is 5.97 Å².